The molecule has 31 heavy (non-hydrogen) atoms. The molecular weight excluding hydrogens is 459 g/mol. The van der Waals surface area contributed by atoms with Gasteiger partial charge in [-0.2, -0.15) is 4.52 Å². The van der Waals surface area contributed by atoms with Crippen LogP contribution in [0.1, 0.15) is 49.0 Å². The predicted octanol–water partition coefficient (Wildman–Crippen LogP) is 4.73. The number of aromatic nitrogens is 3. The van der Waals surface area contributed by atoms with Crippen molar-refractivity contribution in [2.75, 3.05) is 19.7 Å². The Bertz CT molecular complexity index is 1090. The highest BCUT2D eigenvalue weighted by Gasteiger charge is 2.35. The smallest absolute Gasteiger partial charge is 0.309 e. The van der Waals surface area contributed by atoms with Crippen LogP contribution in [0.2, 0.25) is 10.0 Å². The number of thiazole rings is 1. The van der Waals surface area contributed by atoms with Crippen LogP contribution in [0.15, 0.2) is 18.2 Å². The van der Waals surface area contributed by atoms with Crippen molar-refractivity contribution in [1.29, 1.82) is 0 Å². The van der Waals surface area contributed by atoms with E-state index >= 15 is 0 Å². The minimum absolute atomic E-state index is 0.0655. The molecule has 3 heterocycles. The van der Waals surface area contributed by atoms with Crippen LogP contribution in [0.25, 0.3) is 4.96 Å². The van der Waals surface area contributed by atoms with Gasteiger partial charge in [-0.25, -0.2) is 4.98 Å². The topological polar surface area (TPSA) is 80.0 Å². The Hall–Kier alpha value is -1.87. The molecule has 0 saturated carbocycles. The zero-order valence-corrected chi connectivity index (χ0v) is 19.7. The molecule has 3 aromatic rings. The third-order valence-corrected chi connectivity index (χ3v) is 7.21. The molecule has 4 rings (SSSR count). The molecule has 0 radical (unpaired) electrons. The molecule has 1 fully saturated rings. The Morgan fingerprint density at radius 1 is 1.32 bits per heavy atom. The number of aryl methyl sites for hydroxylation is 1. The summed E-state index contributed by atoms with van der Waals surface area (Å²) in [6.07, 6.45) is 2.06. The van der Waals surface area contributed by atoms with Gasteiger partial charge in [-0.05, 0) is 50.6 Å². The van der Waals surface area contributed by atoms with E-state index in [1.165, 1.54) is 15.9 Å². The standard InChI is InChI=1S/C21H24Cl2N4O3S/c1-3-16-24-21-27(25-16)19(28)18(31-21)17(14-6-5-13(22)11-15(14)23)26-9-7-12(8-10-26)20(29)30-4-2/h5-6,11-12,17,28H,3-4,7-10H2,1-2H3. The van der Waals surface area contributed by atoms with Crippen molar-refractivity contribution in [3.63, 3.8) is 0 Å². The first-order valence-electron chi connectivity index (χ1n) is 10.4. The van der Waals surface area contributed by atoms with Crippen molar-refractivity contribution in [2.45, 2.75) is 39.2 Å². The van der Waals surface area contributed by atoms with Gasteiger partial charge < -0.3 is 9.84 Å². The number of rotatable bonds is 6. The fourth-order valence-electron chi connectivity index (χ4n) is 4.00. The highest BCUT2D eigenvalue weighted by Crippen LogP contribution is 2.43. The zero-order valence-electron chi connectivity index (χ0n) is 17.3. The molecule has 2 aromatic heterocycles. The highest BCUT2D eigenvalue weighted by molar-refractivity contribution is 7.17. The van der Waals surface area contributed by atoms with Gasteiger partial charge in [0.2, 0.25) is 10.8 Å². The molecule has 1 aromatic carbocycles. The number of hydrogen-bond donors (Lipinski definition) is 1. The number of carbonyl (C=O) groups is 1. The van der Waals surface area contributed by atoms with Crippen LogP contribution < -0.4 is 0 Å². The second-order valence-electron chi connectivity index (χ2n) is 7.50. The van der Waals surface area contributed by atoms with Gasteiger partial charge >= 0.3 is 5.97 Å². The number of ether oxygens (including phenoxy) is 1. The number of likely N-dealkylation sites (tertiary alicyclic amines) is 1. The van der Waals surface area contributed by atoms with Crippen molar-refractivity contribution >= 4 is 45.5 Å². The van der Waals surface area contributed by atoms with Crippen LogP contribution in [0.5, 0.6) is 5.88 Å². The van der Waals surface area contributed by atoms with Gasteiger partial charge in [0.1, 0.15) is 0 Å². The highest BCUT2D eigenvalue weighted by atomic mass is 35.5. The van der Waals surface area contributed by atoms with E-state index in [9.17, 15) is 9.90 Å². The lowest BCUT2D eigenvalue weighted by Gasteiger charge is -2.37. The molecule has 1 saturated heterocycles. The van der Waals surface area contributed by atoms with Crippen molar-refractivity contribution < 1.29 is 14.6 Å². The molecule has 0 aliphatic carbocycles. The number of piperidine rings is 1. The minimum Gasteiger partial charge on any atom is -0.492 e. The number of halogens is 2. The van der Waals surface area contributed by atoms with E-state index in [0.29, 0.717) is 59.8 Å². The van der Waals surface area contributed by atoms with Gasteiger partial charge in [0.15, 0.2) is 5.82 Å². The molecule has 0 amide bonds. The summed E-state index contributed by atoms with van der Waals surface area (Å²) in [5.74, 6) is 0.498. The maximum atomic E-state index is 12.2. The molecule has 10 heteroatoms. The molecule has 0 bridgehead atoms. The van der Waals surface area contributed by atoms with E-state index in [1.807, 2.05) is 19.9 Å². The van der Waals surface area contributed by atoms with Crippen molar-refractivity contribution in [3.05, 3.63) is 44.5 Å². The first-order chi connectivity index (χ1) is 14.9. The van der Waals surface area contributed by atoms with Crippen LogP contribution in [0, 0.1) is 5.92 Å². The molecule has 0 spiro atoms. The summed E-state index contributed by atoms with van der Waals surface area (Å²) in [5, 5.41) is 16.5. The van der Waals surface area contributed by atoms with E-state index in [4.69, 9.17) is 27.9 Å². The summed E-state index contributed by atoms with van der Waals surface area (Å²) in [4.78, 5) is 20.3. The second kappa shape index (κ2) is 9.32. The molecule has 7 nitrogen and oxygen atoms in total. The number of carbonyl (C=O) groups excluding carboxylic acids is 1. The number of nitrogens with zero attached hydrogens (tertiary/aromatic N) is 4. The van der Waals surface area contributed by atoms with Crippen LogP contribution >= 0.6 is 34.5 Å². The van der Waals surface area contributed by atoms with E-state index in [0.717, 1.165) is 10.4 Å². The van der Waals surface area contributed by atoms with Gasteiger partial charge in [-0.15, -0.1) is 5.10 Å². The summed E-state index contributed by atoms with van der Waals surface area (Å²) in [5.41, 5.74) is 0.844. The average molecular weight is 483 g/mol. The van der Waals surface area contributed by atoms with E-state index in [2.05, 4.69) is 15.0 Å². The summed E-state index contributed by atoms with van der Waals surface area (Å²) >= 11 is 14.1. The molecule has 1 aliphatic rings. The summed E-state index contributed by atoms with van der Waals surface area (Å²) < 4.78 is 6.69. The number of esters is 1. The summed E-state index contributed by atoms with van der Waals surface area (Å²) in [6, 6.07) is 5.09. The average Bonchev–Trinajstić information content (AvgIpc) is 3.29. The summed E-state index contributed by atoms with van der Waals surface area (Å²) in [7, 11) is 0. The lowest BCUT2D eigenvalue weighted by molar-refractivity contribution is -0.149. The van der Waals surface area contributed by atoms with Gasteiger partial charge in [0, 0.05) is 16.5 Å². The largest absolute Gasteiger partial charge is 0.492 e. The first kappa shape index (κ1) is 22.3. The predicted molar refractivity (Wildman–Crippen MR) is 121 cm³/mol. The Morgan fingerprint density at radius 2 is 2.06 bits per heavy atom. The van der Waals surface area contributed by atoms with Crippen LogP contribution in [-0.4, -0.2) is 50.3 Å². The maximum Gasteiger partial charge on any atom is 0.309 e. The SMILES string of the molecule is CCOC(=O)C1CCN(C(c2ccc(Cl)cc2Cl)c2sc3nc(CC)nn3c2O)CC1. The third kappa shape index (κ3) is 4.39. The Labute approximate surface area is 194 Å². The first-order valence-corrected chi connectivity index (χ1v) is 11.9. The van der Waals surface area contributed by atoms with Crippen molar-refractivity contribution in [1.82, 2.24) is 19.5 Å². The lowest BCUT2D eigenvalue weighted by atomic mass is 9.93. The van der Waals surface area contributed by atoms with Gasteiger partial charge in [-0.1, -0.05) is 47.5 Å². The van der Waals surface area contributed by atoms with E-state index < -0.39 is 0 Å². The van der Waals surface area contributed by atoms with E-state index in [-0.39, 0.29) is 23.8 Å². The Kier molecular flexibility index (Phi) is 6.71. The number of fused-ring (bicyclic) bond motifs is 1. The van der Waals surface area contributed by atoms with Crippen LogP contribution in [0.4, 0.5) is 0 Å². The molecule has 1 aliphatic heterocycles. The zero-order chi connectivity index (χ0) is 22.1. The molecule has 166 valence electrons. The Balaban J connectivity index is 1.70. The summed E-state index contributed by atoms with van der Waals surface area (Å²) in [6.45, 7) is 5.51. The van der Waals surface area contributed by atoms with Gasteiger partial charge in [-0.3, -0.25) is 9.69 Å². The quantitative estimate of drug-likeness (QED) is 0.511. The van der Waals surface area contributed by atoms with Crippen molar-refractivity contribution in [3.8, 4) is 5.88 Å². The van der Waals surface area contributed by atoms with Crippen LogP contribution in [0.3, 0.4) is 0 Å². The number of hydrogen-bond acceptors (Lipinski definition) is 7. The number of aromatic hydroxyl groups is 1. The monoisotopic (exact) mass is 482 g/mol. The number of benzene rings is 1. The maximum absolute atomic E-state index is 12.2. The lowest BCUT2D eigenvalue weighted by Crippen LogP contribution is -2.39. The molecule has 1 unspecified atom stereocenters. The second-order valence-corrected chi connectivity index (χ2v) is 9.35. The van der Waals surface area contributed by atoms with E-state index in [1.54, 1.807) is 12.1 Å². The fraction of sp³-hybridized carbons (Fsp3) is 0.476. The Morgan fingerprint density at radius 3 is 2.68 bits per heavy atom. The third-order valence-electron chi connectivity index (χ3n) is 5.58. The molecular formula is C21H24Cl2N4O3S. The normalized spacial score (nSPS) is 16.6. The van der Waals surface area contributed by atoms with Gasteiger partial charge in [0.05, 0.1) is 23.4 Å². The van der Waals surface area contributed by atoms with Crippen LogP contribution in [-0.2, 0) is 16.0 Å². The molecule has 1 atom stereocenters. The minimum atomic E-state index is -0.300. The molecule has 1 N–H and O–H groups in total. The van der Waals surface area contributed by atoms with Crippen molar-refractivity contribution in [2.24, 2.45) is 5.92 Å². The van der Waals surface area contributed by atoms with Gasteiger partial charge in [0.25, 0.3) is 0 Å². The fourth-order valence-corrected chi connectivity index (χ4v) is 5.64.